The van der Waals surface area contributed by atoms with E-state index in [4.69, 9.17) is 0 Å². The van der Waals surface area contributed by atoms with E-state index in [1.807, 2.05) is 0 Å². The number of hydrogen-bond donors (Lipinski definition) is 1. The zero-order valence-electron chi connectivity index (χ0n) is 19.0. The van der Waals surface area contributed by atoms with Crippen LogP contribution in [0.25, 0.3) is 0 Å². The van der Waals surface area contributed by atoms with Gasteiger partial charge >= 0.3 is 0 Å². The number of carbonyl (C=O) groups excluding carboxylic acids is 1. The Kier molecular flexibility index (Phi) is 8.24. The smallest absolute Gasteiger partial charge is 0.270 e. The molecule has 0 saturated carbocycles. The third-order valence-electron chi connectivity index (χ3n) is 6.65. The van der Waals surface area contributed by atoms with Gasteiger partial charge in [-0.15, -0.1) is 0 Å². The maximum atomic E-state index is 13.0. The number of nitrogens with one attached hydrogen (secondary N) is 1. The maximum Gasteiger partial charge on any atom is 0.270 e. The molecule has 0 aromatic heterocycles. The molecule has 2 aliphatic heterocycles. The predicted octanol–water partition coefficient (Wildman–Crippen LogP) is 2.54. The fourth-order valence-corrected chi connectivity index (χ4v) is 6.14. The van der Waals surface area contributed by atoms with Gasteiger partial charge in [0.2, 0.25) is 15.9 Å². The minimum atomic E-state index is -3.84. The number of sulfonamides is 1. The van der Waals surface area contributed by atoms with Crippen LogP contribution in [0.2, 0.25) is 0 Å². The molecule has 9 nitrogen and oxygen atoms in total. The Balaban J connectivity index is 1.46. The molecule has 178 valence electrons. The molecule has 1 aromatic rings. The van der Waals surface area contributed by atoms with Crippen molar-refractivity contribution in [1.82, 2.24) is 14.5 Å². The van der Waals surface area contributed by atoms with E-state index in [0.29, 0.717) is 24.9 Å². The number of nitro groups is 1. The van der Waals surface area contributed by atoms with Crippen LogP contribution >= 0.6 is 0 Å². The molecule has 0 radical (unpaired) electrons. The number of piperidine rings is 2. The zero-order chi connectivity index (χ0) is 23.3. The van der Waals surface area contributed by atoms with Crippen molar-refractivity contribution in [2.24, 2.45) is 11.8 Å². The molecule has 2 fully saturated rings. The number of nitrogens with zero attached hydrogens (tertiary/aromatic N) is 3. The van der Waals surface area contributed by atoms with E-state index in [-0.39, 0.29) is 35.5 Å². The van der Waals surface area contributed by atoms with Gasteiger partial charge in [0, 0.05) is 37.7 Å². The predicted molar refractivity (Wildman–Crippen MR) is 122 cm³/mol. The van der Waals surface area contributed by atoms with E-state index in [2.05, 4.69) is 17.1 Å². The topological polar surface area (TPSA) is 113 Å². The third-order valence-corrected chi connectivity index (χ3v) is 8.69. The van der Waals surface area contributed by atoms with Crippen LogP contribution in [-0.4, -0.2) is 67.7 Å². The Morgan fingerprint density at radius 2 is 1.81 bits per heavy atom. The summed E-state index contributed by atoms with van der Waals surface area (Å²) in [6, 6.07) is 3.87. The second kappa shape index (κ2) is 10.7. The Hall–Kier alpha value is -2.04. The minimum absolute atomic E-state index is 0.0131. The summed E-state index contributed by atoms with van der Waals surface area (Å²) in [5.41, 5.74) is 0.223. The fraction of sp³-hybridized carbons (Fsp3) is 0.682. The average molecular weight is 467 g/mol. The first-order valence-electron chi connectivity index (χ1n) is 11.4. The van der Waals surface area contributed by atoms with Crippen molar-refractivity contribution in [3.05, 3.63) is 33.9 Å². The Bertz CT molecular complexity index is 920. The van der Waals surface area contributed by atoms with Gasteiger partial charge in [0.15, 0.2) is 0 Å². The van der Waals surface area contributed by atoms with Crippen LogP contribution in [0.15, 0.2) is 23.1 Å². The molecular formula is C22H34N4O5S. The fourth-order valence-electron chi connectivity index (χ4n) is 4.42. The molecule has 2 heterocycles. The first kappa shape index (κ1) is 24.6. The number of amides is 1. The molecule has 2 aliphatic rings. The Labute approximate surface area is 190 Å². The highest BCUT2D eigenvalue weighted by Gasteiger charge is 2.33. The highest BCUT2D eigenvalue weighted by molar-refractivity contribution is 7.89. The van der Waals surface area contributed by atoms with E-state index in [0.717, 1.165) is 38.0 Å². The van der Waals surface area contributed by atoms with Gasteiger partial charge in [-0.1, -0.05) is 13.0 Å². The van der Waals surface area contributed by atoms with Gasteiger partial charge in [-0.25, -0.2) is 8.42 Å². The Morgan fingerprint density at radius 3 is 2.44 bits per heavy atom. The molecule has 3 rings (SSSR count). The van der Waals surface area contributed by atoms with Crippen molar-refractivity contribution in [3.63, 3.8) is 0 Å². The number of aryl methyl sites for hydroxylation is 1. The summed E-state index contributed by atoms with van der Waals surface area (Å²) in [6.07, 6.45) is 4.29. The molecule has 0 spiro atoms. The van der Waals surface area contributed by atoms with Crippen LogP contribution in [0.1, 0.15) is 44.6 Å². The number of nitro benzene ring substituents is 1. The van der Waals surface area contributed by atoms with Crippen molar-refractivity contribution < 1.29 is 18.1 Å². The Morgan fingerprint density at radius 1 is 1.16 bits per heavy atom. The standard InChI is InChI=1S/C22H34N4O5S/c1-17-6-12-24(13-7-17)11-3-10-23-22(27)19-8-14-25(15-9-19)32(30,31)21-16-20(26(28)29)5-4-18(21)2/h4-5,16-17,19H,3,6-15H2,1-2H3,(H,23,27). The van der Waals surface area contributed by atoms with Gasteiger partial charge in [0.1, 0.15) is 0 Å². The lowest BCUT2D eigenvalue weighted by atomic mass is 9.97. The largest absolute Gasteiger partial charge is 0.356 e. The summed E-state index contributed by atoms with van der Waals surface area (Å²) in [5, 5.41) is 14.1. The monoisotopic (exact) mass is 466 g/mol. The molecular weight excluding hydrogens is 432 g/mol. The molecule has 2 saturated heterocycles. The van der Waals surface area contributed by atoms with Gasteiger partial charge in [-0.3, -0.25) is 14.9 Å². The normalized spacial score (nSPS) is 19.7. The van der Waals surface area contributed by atoms with Crippen LogP contribution in [0.3, 0.4) is 0 Å². The van der Waals surface area contributed by atoms with Crippen molar-refractivity contribution in [3.8, 4) is 0 Å². The van der Waals surface area contributed by atoms with Crippen molar-refractivity contribution in [2.75, 3.05) is 39.3 Å². The van der Waals surface area contributed by atoms with E-state index < -0.39 is 14.9 Å². The number of likely N-dealkylation sites (tertiary alicyclic amines) is 1. The first-order chi connectivity index (χ1) is 15.2. The number of rotatable bonds is 8. The molecule has 0 atom stereocenters. The molecule has 0 unspecified atom stereocenters. The maximum absolute atomic E-state index is 13.0. The summed E-state index contributed by atoms with van der Waals surface area (Å²) in [7, 11) is -3.84. The summed E-state index contributed by atoms with van der Waals surface area (Å²) < 4.78 is 27.4. The van der Waals surface area contributed by atoms with E-state index in [9.17, 15) is 23.3 Å². The van der Waals surface area contributed by atoms with Crippen LogP contribution in [0.5, 0.6) is 0 Å². The van der Waals surface area contributed by atoms with Crippen LogP contribution < -0.4 is 5.32 Å². The SMILES string of the molecule is Cc1ccc([N+](=O)[O-])cc1S(=O)(=O)N1CCC(C(=O)NCCCN2CCC(C)CC2)CC1. The van der Waals surface area contributed by atoms with E-state index >= 15 is 0 Å². The van der Waals surface area contributed by atoms with Crippen LogP contribution in [-0.2, 0) is 14.8 Å². The molecule has 0 bridgehead atoms. The van der Waals surface area contributed by atoms with Crippen LogP contribution in [0.4, 0.5) is 5.69 Å². The average Bonchev–Trinajstić information content (AvgIpc) is 2.78. The molecule has 1 aromatic carbocycles. The number of carbonyl (C=O) groups is 1. The third kappa shape index (κ3) is 6.05. The summed E-state index contributed by atoms with van der Waals surface area (Å²) in [5.74, 6) is 0.589. The van der Waals surface area contributed by atoms with Crippen molar-refractivity contribution in [1.29, 1.82) is 0 Å². The number of hydrogen-bond acceptors (Lipinski definition) is 6. The van der Waals surface area contributed by atoms with E-state index in [1.54, 1.807) is 6.92 Å². The van der Waals surface area contributed by atoms with Gasteiger partial charge < -0.3 is 10.2 Å². The molecule has 10 heteroatoms. The summed E-state index contributed by atoms with van der Waals surface area (Å²) >= 11 is 0. The minimum Gasteiger partial charge on any atom is -0.356 e. The summed E-state index contributed by atoms with van der Waals surface area (Å²) in [4.78, 5) is 25.4. The van der Waals surface area contributed by atoms with Crippen molar-refractivity contribution >= 4 is 21.6 Å². The summed E-state index contributed by atoms with van der Waals surface area (Å²) in [6.45, 7) is 8.27. The van der Waals surface area contributed by atoms with E-state index in [1.165, 1.54) is 29.3 Å². The van der Waals surface area contributed by atoms with Crippen molar-refractivity contribution in [2.45, 2.75) is 50.8 Å². The lowest BCUT2D eigenvalue weighted by molar-refractivity contribution is -0.385. The highest BCUT2D eigenvalue weighted by Crippen LogP contribution is 2.28. The molecule has 1 amide bonds. The lowest BCUT2D eigenvalue weighted by Gasteiger charge is -2.31. The number of benzene rings is 1. The zero-order valence-corrected chi connectivity index (χ0v) is 19.8. The quantitative estimate of drug-likeness (QED) is 0.358. The van der Waals surface area contributed by atoms with Gasteiger partial charge in [-0.05, 0) is 70.1 Å². The highest BCUT2D eigenvalue weighted by atomic mass is 32.2. The second-order valence-corrected chi connectivity index (χ2v) is 11.0. The molecule has 1 N–H and O–H groups in total. The second-order valence-electron chi connectivity index (χ2n) is 9.05. The van der Waals surface area contributed by atoms with Gasteiger partial charge in [-0.2, -0.15) is 4.31 Å². The van der Waals surface area contributed by atoms with Crippen LogP contribution in [0, 0.1) is 28.9 Å². The number of non-ortho nitro benzene ring substituents is 1. The lowest BCUT2D eigenvalue weighted by Crippen LogP contribution is -2.43. The van der Waals surface area contributed by atoms with Gasteiger partial charge in [0.05, 0.1) is 9.82 Å². The first-order valence-corrected chi connectivity index (χ1v) is 12.9. The molecule has 32 heavy (non-hydrogen) atoms. The molecule has 0 aliphatic carbocycles. The van der Waals surface area contributed by atoms with Gasteiger partial charge in [0.25, 0.3) is 5.69 Å².